The van der Waals surface area contributed by atoms with Crippen LogP contribution in [0.5, 0.6) is 11.8 Å². The summed E-state index contributed by atoms with van der Waals surface area (Å²) < 4.78 is 10.8. The van der Waals surface area contributed by atoms with Crippen molar-refractivity contribution in [1.29, 1.82) is 0 Å². The molecule has 4 aromatic rings. The van der Waals surface area contributed by atoms with Crippen LogP contribution < -0.4 is 20.1 Å². The lowest BCUT2D eigenvalue weighted by molar-refractivity contribution is 0.0944. The number of benzene rings is 1. The van der Waals surface area contributed by atoms with Gasteiger partial charge in [0.2, 0.25) is 0 Å². The van der Waals surface area contributed by atoms with Crippen molar-refractivity contribution in [2.75, 3.05) is 19.5 Å². The number of carbonyl (C=O) groups excluding carboxylic acids is 1. The highest BCUT2D eigenvalue weighted by Gasteiger charge is 2.48. The van der Waals surface area contributed by atoms with Crippen molar-refractivity contribution in [1.82, 2.24) is 25.3 Å². The fraction of sp³-hybridized carbons (Fsp3) is 0.217. The summed E-state index contributed by atoms with van der Waals surface area (Å²) in [5, 5.41) is 6.95. The number of H-pyrrole nitrogens is 1. The predicted octanol–water partition coefficient (Wildman–Crippen LogP) is 4.03. The predicted molar refractivity (Wildman–Crippen MR) is 124 cm³/mol. The monoisotopic (exact) mass is 462 g/mol. The molecular weight excluding hydrogens is 444 g/mol. The van der Waals surface area contributed by atoms with Crippen LogP contribution in [0.3, 0.4) is 0 Å². The van der Waals surface area contributed by atoms with Crippen molar-refractivity contribution in [2.45, 2.75) is 18.4 Å². The van der Waals surface area contributed by atoms with E-state index in [1.165, 1.54) is 7.11 Å². The maximum absolute atomic E-state index is 13.1. The number of carbonyl (C=O) groups is 1. The number of amides is 1. The highest BCUT2D eigenvalue weighted by molar-refractivity contribution is 6.32. The van der Waals surface area contributed by atoms with Gasteiger partial charge in [0.05, 0.1) is 48.1 Å². The molecule has 166 valence electrons. The van der Waals surface area contributed by atoms with Crippen molar-refractivity contribution in [3.63, 3.8) is 0 Å². The van der Waals surface area contributed by atoms with Crippen LogP contribution in [0, 0.1) is 0 Å². The van der Waals surface area contributed by atoms with Gasteiger partial charge < -0.3 is 25.1 Å². The van der Waals surface area contributed by atoms with Crippen molar-refractivity contribution in [3.05, 3.63) is 52.9 Å². The Morgan fingerprint density at radius 2 is 2.06 bits per heavy atom. The fourth-order valence-electron chi connectivity index (χ4n) is 4.45. The number of fused-ring (bicyclic) bond motifs is 4. The molecule has 1 saturated carbocycles. The zero-order valence-corrected chi connectivity index (χ0v) is 18.5. The van der Waals surface area contributed by atoms with Gasteiger partial charge in [-0.25, -0.2) is 4.98 Å². The van der Waals surface area contributed by atoms with Crippen LogP contribution in [0.15, 0.2) is 36.7 Å². The van der Waals surface area contributed by atoms with E-state index in [1.54, 1.807) is 25.6 Å². The molecule has 33 heavy (non-hydrogen) atoms. The molecule has 4 heterocycles. The summed E-state index contributed by atoms with van der Waals surface area (Å²) in [4.78, 5) is 29.7. The van der Waals surface area contributed by atoms with E-state index in [0.717, 1.165) is 23.4 Å². The van der Waals surface area contributed by atoms with Gasteiger partial charge in [-0.15, -0.1) is 0 Å². The number of ether oxygens (including phenoxy) is 2. The molecule has 1 aliphatic heterocycles. The Balaban J connectivity index is 1.60. The van der Waals surface area contributed by atoms with Crippen LogP contribution in [0.1, 0.15) is 28.4 Å². The van der Waals surface area contributed by atoms with Crippen LogP contribution >= 0.6 is 11.6 Å². The molecule has 2 unspecified atom stereocenters. The third-order valence-corrected chi connectivity index (χ3v) is 6.37. The van der Waals surface area contributed by atoms with E-state index < -0.39 is 0 Å². The second kappa shape index (κ2) is 7.35. The molecule has 1 aromatic carbocycles. The van der Waals surface area contributed by atoms with Crippen molar-refractivity contribution < 1.29 is 14.3 Å². The molecule has 0 bridgehead atoms. The molecule has 0 spiro atoms. The number of hydrogen-bond donors (Lipinski definition) is 3. The lowest BCUT2D eigenvalue weighted by Gasteiger charge is -2.17. The molecule has 1 amide bonds. The molecule has 1 fully saturated rings. The third-order valence-electron chi connectivity index (χ3n) is 6.07. The molecule has 1 aliphatic carbocycles. The molecule has 0 radical (unpaired) electrons. The normalized spacial score (nSPS) is 18.3. The minimum Gasteiger partial charge on any atom is -0.493 e. The van der Waals surface area contributed by atoms with Gasteiger partial charge in [-0.1, -0.05) is 17.7 Å². The Bertz CT molecular complexity index is 1440. The maximum atomic E-state index is 13.1. The zero-order valence-electron chi connectivity index (χ0n) is 17.8. The third kappa shape index (κ3) is 3.07. The Kier molecular flexibility index (Phi) is 4.41. The summed E-state index contributed by atoms with van der Waals surface area (Å²) in [6.45, 7) is 0. The first kappa shape index (κ1) is 19.8. The highest BCUT2D eigenvalue weighted by Crippen LogP contribution is 2.50. The van der Waals surface area contributed by atoms with Gasteiger partial charge in [-0.3, -0.25) is 9.78 Å². The zero-order chi connectivity index (χ0) is 22.7. The number of methoxy groups -OCH3 is 2. The first-order valence-corrected chi connectivity index (χ1v) is 10.8. The summed E-state index contributed by atoms with van der Waals surface area (Å²) in [5.74, 6) is 0.620. The molecule has 6 rings (SSSR count). The van der Waals surface area contributed by atoms with E-state index >= 15 is 0 Å². The number of nitrogens with one attached hydrogen (secondary N) is 3. The van der Waals surface area contributed by atoms with Crippen LogP contribution in [-0.2, 0) is 0 Å². The minimum absolute atomic E-state index is 0.125. The topological polar surface area (TPSA) is 114 Å². The Morgan fingerprint density at radius 1 is 1.18 bits per heavy atom. The Hall–Kier alpha value is -3.85. The van der Waals surface area contributed by atoms with Gasteiger partial charge >= 0.3 is 6.01 Å². The SMILES string of the molecule is COc1ncc2nccc(-c3[nH]c4c(c3Nc3cccc(Cl)c3OC)C(=O)NC3CC43)c2n1. The summed E-state index contributed by atoms with van der Waals surface area (Å²) in [5.41, 5.74) is 5.46. The number of aromatic nitrogens is 4. The molecule has 0 saturated heterocycles. The lowest BCUT2D eigenvalue weighted by atomic mass is 10.0. The summed E-state index contributed by atoms with van der Waals surface area (Å²) >= 11 is 6.35. The number of hydrogen-bond acceptors (Lipinski definition) is 7. The van der Waals surface area contributed by atoms with E-state index in [4.69, 9.17) is 21.1 Å². The summed E-state index contributed by atoms with van der Waals surface area (Å²) in [6, 6.07) is 7.68. The number of nitrogens with zero attached hydrogens (tertiary/aromatic N) is 3. The van der Waals surface area contributed by atoms with E-state index in [-0.39, 0.29) is 23.9 Å². The standard InChI is InChI=1S/C23H19ClN6O3/c1-32-21-12(24)4-3-5-13(21)27-20-16-18(11-8-14(11)28-22(16)31)29-19(20)10-6-7-25-15-9-26-23(33-2)30-17(10)15/h3-7,9,11,14,27,29H,8H2,1-2H3,(H,28,31). The molecule has 2 aliphatic rings. The molecule has 3 aromatic heterocycles. The number of halogens is 1. The van der Waals surface area contributed by atoms with E-state index in [9.17, 15) is 4.79 Å². The summed E-state index contributed by atoms with van der Waals surface area (Å²) in [6.07, 6.45) is 4.22. The van der Waals surface area contributed by atoms with Gasteiger partial charge in [0.1, 0.15) is 11.0 Å². The average Bonchev–Trinajstić information content (AvgIpc) is 3.50. The molecule has 3 N–H and O–H groups in total. The van der Waals surface area contributed by atoms with Gasteiger partial charge in [0.25, 0.3) is 5.91 Å². The number of para-hydroxylation sites is 1. The fourth-order valence-corrected chi connectivity index (χ4v) is 4.70. The minimum atomic E-state index is -0.125. The first-order chi connectivity index (χ1) is 16.1. The smallest absolute Gasteiger partial charge is 0.316 e. The lowest BCUT2D eigenvalue weighted by Crippen LogP contribution is -2.31. The Labute approximate surface area is 193 Å². The number of aromatic amines is 1. The second-order valence-electron chi connectivity index (χ2n) is 7.98. The molecule has 10 heteroatoms. The van der Waals surface area contributed by atoms with Gasteiger partial charge in [0.15, 0.2) is 5.75 Å². The Morgan fingerprint density at radius 3 is 2.88 bits per heavy atom. The van der Waals surface area contributed by atoms with Crippen LogP contribution in [-0.4, -0.2) is 46.1 Å². The molecular formula is C23H19ClN6O3. The molecule has 9 nitrogen and oxygen atoms in total. The second-order valence-corrected chi connectivity index (χ2v) is 8.39. The van der Waals surface area contributed by atoms with E-state index in [2.05, 4.69) is 30.6 Å². The largest absolute Gasteiger partial charge is 0.493 e. The number of rotatable bonds is 5. The van der Waals surface area contributed by atoms with Gasteiger partial charge in [-0.05, 0) is 24.6 Å². The van der Waals surface area contributed by atoms with Crippen molar-refractivity contribution >= 4 is 39.9 Å². The first-order valence-electron chi connectivity index (χ1n) is 10.4. The molecule has 2 atom stereocenters. The van der Waals surface area contributed by atoms with Crippen LogP contribution in [0.25, 0.3) is 22.3 Å². The van der Waals surface area contributed by atoms with E-state index in [0.29, 0.717) is 38.7 Å². The highest BCUT2D eigenvalue weighted by atomic mass is 35.5. The van der Waals surface area contributed by atoms with Gasteiger partial charge in [-0.2, -0.15) is 4.98 Å². The van der Waals surface area contributed by atoms with Crippen LogP contribution in [0.2, 0.25) is 5.02 Å². The van der Waals surface area contributed by atoms with E-state index in [1.807, 2.05) is 18.2 Å². The van der Waals surface area contributed by atoms with Crippen molar-refractivity contribution in [3.8, 4) is 23.0 Å². The maximum Gasteiger partial charge on any atom is 0.316 e. The van der Waals surface area contributed by atoms with Gasteiger partial charge in [0, 0.05) is 29.4 Å². The quantitative estimate of drug-likeness (QED) is 0.410. The average molecular weight is 463 g/mol. The number of anilines is 2. The van der Waals surface area contributed by atoms with Crippen LogP contribution in [0.4, 0.5) is 11.4 Å². The summed E-state index contributed by atoms with van der Waals surface area (Å²) in [7, 11) is 3.07. The number of pyridine rings is 1. The van der Waals surface area contributed by atoms with Crippen molar-refractivity contribution in [2.24, 2.45) is 0 Å².